The number of carbonyl (C=O) groups excluding carboxylic acids is 1. The number of ketones is 1. The third-order valence-electron chi connectivity index (χ3n) is 3.63. The van der Waals surface area contributed by atoms with Gasteiger partial charge >= 0.3 is 0 Å². The first-order valence-electron chi connectivity index (χ1n) is 6.46. The summed E-state index contributed by atoms with van der Waals surface area (Å²) in [4.78, 5) is 12.5. The first-order chi connectivity index (χ1) is 8.53. The van der Waals surface area contributed by atoms with E-state index in [1.807, 2.05) is 36.4 Å². The first kappa shape index (κ1) is 12.8. The van der Waals surface area contributed by atoms with Gasteiger partial charge in [0.2, 0.25) is 0 Å². The van der Waals surface area contributed by atoms with E-state index in [0.717, 1.165) is 24.0 Å². The van der Waals surface area contributed by atoms with Crippen molar-refractivity contribution in [3.8, 4) is 0 Å². The SMILES string of the molecule is C=CC1CC(C)(C)CC=C1C(=O)c1ccccc1. The molecule has 0 saturated heterocycles. The minimum Gasteiger partial charge on any atom is -0.289 e. The van der Waals surface area contributed by atoms with Crippen molar-refractivity contribution in [2.75, 3.05) is 0 Å². The van der Waals surface area contributed by atoms with Crippen molar-refractivity contribution in [1.82, 2.24) is 0 Å². The van der Waals surface area contributed by atoms with Gasteiger partial charge in [0.1, 0.15) is 0 Å². The molecule has 0 aliphatic heterocycles. The zero-order chi connectivity index (χ0) is 13.2. The fourth-order valence-electron chi connectivity index (χ4n) is 2.55. The van der Waals surface area contributed by atoms with Crippen LogP contribution in [0.3, 0.4) is 0 Å². The molecule has 0 heterocycles. The molecule has 0 fully saturated rings. The molecule has 0 N–H and O–H groups in total. The molecule has 1 aliphatic carbocycles. The van der Waals surface area contributed by atoms with Crippen molar-refractivity contribution in [1.29, 1.82) is 0 Å². The second kappa shape index (κ2) is 4.93. The van der Waals surface area contributed by atoms with Gasteiger partial charge in [-0.15, -0.1) is 6.58 Å². The zero-order valence-corrected chi connectivity index (χ0v) is 11.1. The number of rotatable bonds is 3. The maximum absolute atomic E-state index is 12.5. The molecule has 0 saturated carbocycles. The Balaban J connectivity index is 2.30. The molecule has 18 heavy (non-hydrogen) atoms. The summed E-state index contributed by atoms with van der Waals surface area (Å²) >= 11 is 0. The van der Waals surface area contributed by atoms with Crippen molar-refractivity contribution < 1.29 is 4.79 Å². The summed E-state index contributed by atoms with van der Waals surface area (Å²) in [5.41, 5.74) is 1.95. The molecule has 1 aromatic rings. The van der Waals surface area contributed by atoms with Crippen LogP contribution in [0.1, 0.15) is 37.0 Å². The lowest BCUT2D eigenvalue weighted by Gasteiger charge is -2.33. The van der Waals surface area contributed by atoms with Gasteiger partial charge in [0.05, 0.1) is 0 Å². The molecule has 1 aromatic carbocycles. The highest BCUT2D eigenvalue weighted by Crippen LogP contribution is 2.39. The van der Waals surface area contributed by atoms with Crippen molar-refractivity contribution in [3.63, 3.8) is 0 Å². The standard InChI is InChI=1S/C17H20O/c1-4-13-12-17(2,3)11-10-15(13)16(18)14-8-6-5-7-9-14/h4-10,13H,1,11-12H2,2-3H3. The second-order valence-corrected chi connectivity index (χ2v) is 5.77. The Morgan fingerprint density at radius 3 is 2.61 bits per heavy atom. The molecular formula is C17H20O. The van der Waals surface area contributed by atoms with Crippen molar-refractivity contribution >= 4 is 5.78 Å². The lowest BCUT2D eigenvalue weighted by atomic mass is 9.71. The van der Waals surface area contributed by atoms with Gasteiger partial charge in [0.15, 0.2) is 5.78 Å². The van der Waals surface area contributed by atoms with E-state index >= 15 is 0 Å². The number of Topliss-reactive ketones (excluding diaryl/α,β-unsaturated/α-hetero) is 1. The zero-order valence-electron chi connectivity index (χ0n) is 11.1. The van der Waals surface area contributed by atoms with Gasteiger partial charge < -0.3 is 0 Å². The van der Waals surface area contributed by atoms with E-state index in [9.17, 15) is 4.79 Å². The molecule has 1 atom stereocenters. The number of carbonyl (C=O) groups is 1. The third kappa shape index (κ3) is 2.61. The Hall–Kier alpha value is -1.63. The van der Waals surface area contributed by atoms with Crippen LogP contribution in [0.25, 0.3) is 0 Å². The van der Waals surface area contributed by atoms with E-state index < -0.39 is 0 Å². The molecule has 1 heteroatoms. The van der Waals surface area contributed by atoms with E-state index in [1.54, 1.807) is 0 Å². The van der Waals surface area contributed by atoms with Crippen molar-refractivity contribution in [3.05, 3.63) is 60.2 Å². The lowest BCUT2D eigenvalue weighted by molar-refractivity contribution is 0.101. The molecule has 0 spiro atoms. The lowest BCUT2D eigenvalue weighted by Crippen LogP contribution is -2.25. The van der Waals surface area contributed by atoms with Gasteiger partial charge in [0, 0.05) is 17.1 Å². The second-order valence-electron chi connectivity index (χ2n) is 5.77. The first-order valence-corrected chi connectivity index (χ1v) is 6.46. The fraction of sp³-hybridized carbons (Fsp3) is 0.353. The molecule has 0 aromatic heterocycles. The van der Waals surface area contributed by atoms with Crippen molar-refractivity contribution in [2.45, 2.75) is 26.7 Å². The largest absolute Gasteiger partial charge is 0.289 e. The minimum atomic E-state index is 0.149. The molecule has 0 bridgehead atoms. The highest BCUT2D eigenvalue weighted by molar-refractivity contribution is 6.09. The number of benzene rings is 1. The van der Waals surface area contributed by atoms with Crippen LogP contribution in [0, 0.1) is 11.3 Å². The molecule has 1 nitrogen and oxygen atoms in total. The van der Waals surface area contributed by atoms with Gasteiger partial charge in [0.25, 0.3) is 0 Å². The van der Waals surface area contributed by atoms with Gasteiger partial charge in [-0.2, -0.15) is 0 Å². The molecule has 2 rings (SSSR count). The van der Waals surface area contributed by atoms with E-state index in [2.05, 4.69) is 26.5 Å². The normalized spacial score (nSPS) is 22.1. The number of hydrogen-bond acceptors (Lipinski definition) is 1. The average Bonchev–Trinajstić information content (AvgIpc) is 2.38. The number of hydrogen-bond donors (Lipinski definition) is 0. The quantitative estimate of drug-likeness (QED) is 0.564. The Labute approximate surface area is 109 Å². The minimum absolute atomic E-state index is 0.149. The maximum atomic E-state index is 12.5. The van der Waals surface area contributed by atoms with Crippen LogP contribution in [0.5, 0.6) is 0 Å². The van der Waals surface area contributed by atoms with Gasteiger partial charge in [-0.05, 0) is 18.3 Å². The van der Waals surface area contributed by atoms with E-state index in [-0.39, 0.29) is 17.1 Å². The van der Waals surface area contributed by atoms with Crippen LogP contribution in [-0.4, -0.2) is 5.78 Å². The summed E-state index contributed by atoms with van der Waals surface area (Å²) in [5.74, 6) is 0.331. The topological polar surface area (TPSA) is 17.1 Å². The summed E-state index contributed by atoms with van der Waals surface area (Å²) in [6.45, 7) is 8.36. The third-order valence-corrected chi connectivity index (χ3v) is 3.63. The number of allylic oxidation sites excluding steroid dienone is 3. The average molecular weight is 240 g/mol. The molecule has 94 valence electrons. The molecule has 0 amide bonds. The van der Waals surface area contributed by atoms with Crippen LogP contribution < -0.4 is 0 Å². The highest BCUT2D eigenvalue weighted by atomic mass is 16.1. The Morgan fingerprint density at radius 1 is 1.33 bits per heavy atom. The van der Waals surface area contributed by atoms with E-state index in [1.165, 1.54) is 0 Å². The van der Waals surface area contributed by atoms with Gasteiger partial charge in [-0.3, -0.25) is 4.79 Å². The summed E-state index contributed by atoms with van der Waals surface area (Å²) in [6, 6.07) is 9.50. The summed E-state index contributed by atoms with van der Waals surface area (Å²) < 4.78 is 0. The fourth-order valence-corrected chi connectivity index (χ4v) is 2.55. The molecule has 0 radical (unpaired) electrons. The van der Waals surface area contributed by atoms with E-state index in [0.29, 0.717) is 0 Å². The van der Waals surface area contributed by atoms with Crippen LogP contribution in [0.15, 0.2) is 54.6 Å². The van der Waals surface area contributed by atoms with Crippen LogP contribution in [-0.2, 0) is 0 Å². The molecule has 1 aliphatic rings. The summed E-state index contributed by atoms with van der Waals surface area (Å²) in [7, 11) is 0. The monoisotopic (exact) mass is 240 g/mol. The van der Waals surface area contributed by atoms with Gasteiger partial charge in [-0.1, -0.05) is 56.3 Å². The smallest absolute Gasteiger partial charge is 0.189 e. The van der Waals surface area contributed by atoms with Gasteiger partial charge in [-0.25, -0.2) is 0 Å². The molecule has 1 unspecified atom stereocenters. The summed E-state index contributed by atoms with van der Waals surface area (Å²) in [6.07, 6.45) is 5.98. The molecular weight excluding hydrogens is 220 g/mol. The van der Waals surface area contributed by atoms with E-state index in [4.69, 9.17) is 0 Å². The maximum Gasteiger partial charge on any atom is 0.189 e. The predicted molar refractivity (Wildman–Crippen MR) is 75.6 cm³/mol. The van der Waals surface area contributed by atoms with Crippen LogP contribution in [0.2, 0.25) is 0 Å². The Kier molecular flexibility index (Phi) is 3.51. The van der Waals surface area contributed by atoms with Crippen molar-refractivity contribution in [2.24, 2.45) is 11.3 Å². The summed E-state index contributed by atoms with van der Waals surface area (Å²) in [5, 5.41) is 0. The Bertz CT molecular complexity index is 480. The highest BCUT2D eigenvalue weighted by Gasteiger charge is 2.30. The predicted octanol–water partition coefficient (Wildman–Crippen LogP) is 4.42. The van der Waals surface area contributed by atoms with Crippen LogP contribution in [0.4, 0.5) is 0 Å². The Morgan fingerprint density at radius 2 is 2.00 bits per heavy atom. The van der Waals surface area contributed by atoms with Crippen LogP contribution >= 0.6 is 0 Å².